The Kier molecular flexibility index (Phi) is 5.73. The second-order valence-electron chi connectivity index (χ2n) is 5.83. The number of carbonyl (C=O) groups is 1. The van der Waals surface area contributed by atoms with Gasteiger partial charge in [0.05, 0.1) is 17.0 Å². The van der Waals surface area contributed by atoms with Crippen LogP contribution in [0.15, 0.2) is 24.3 Å². The van der Waals surface area contributed by atoms with Crippen LogP contribution in [0.25, 0.3) is 0 Å². The van der Waals surface area contributed by atoms with Crippen molar-refractivity contribution in [2.45, 2.75) is 40.2 Å². The Morgan fingerprint density at radius 3 is 2.67 bits per heavy atom. The highest BCUT2D eigenvalue weighted by molar-refractivity contribution is 5.96. The normalized spacial score (nSPS) is 10.7. The van der Waals surface area contributed by atoms with Gasteiger partial charge < -0.3 is 15.8 Å². The predicted molar refractivity (Wildman–Crippen MR) is 94.1 cm³/mol. The Morgan fingerprint density at radius 1 is 1.29 bits per heavy atom. The first kappa shape index (κ1) is 17.7. The van der Waals surface area contributed by atoms with Gasteiger partial charge in [0.1, 0.15) is 12.4 Å². The Morgan fingerprint density at radius 2 is 2.00 bits per heavy atom. The molecule has 0 aliphatic heterocycles. The van der Waals surface area contributed by atoms with E-state index in [4.69, 9.17) is 10.5 Å². The lowest BCUT2D eigenvalue weighted by atomic mass is 10.0. The van der Waals surface area contributed by atoms with Gasteiger partial charge in [-0.3, -0.25) is 4.79 Å². The third-order valence-electron chi connectivity index (χ3n) is 3.65. The van der Waals surface area contributed by atoms with Crippen molar-refractivity contribution in [3.63, 3.8) is 0 Å². The van der Waals surface area contributed by atoms with E-state index < -0.39 is 0 Å². The van der Waals surface area contributed by atoms with E-state index in [1.165, 1.54) is 0 Å². The van der Waals surface area contributed by atoms with Crippen LogP contribution in [0.2, 0.25) is 0 Å². The van der Waals surface area contributed by atoms with E-state index in [0.717, 1.165) is 11.3 Å². The molecule has 6 nitrogen and oxygen atoms in total. The first-order valence-corrected chi connectivity index (χ1v) is 8.06. The number of anilines is 1. The Bertz CT molecular complexity index is 729. The molecule has 3 N–H and O–H groups in total. The van der Waals surface area contributed by atoms with Crippen molar-refractivity contribution in [2.75, 3.05) is 12.3 Å². The van der Waals surface area contributed by atoms with Crippen LogP contribution in [0.5, 0.6) is 5.75 Å². The van der Waals surface area contributed by atoms with Crippen molar-refractivity contribution < 1.29 is 9.53 Å². The molecule has 1 heterocycles. The lowest BCUT2D eigenvalue weighted by Gasteiger charge is -2.16. The number of aryl methyl sites for hydroxylation is 1. The SMILES string of the molecule is CCNC(=O)c1c(C)nc(N)nc1COc1ccccc1C(C)C. The average molecular weight is 328 g/mol. The van der Waals surface area contributed by atoms with Crippen LogP contribution in [-0.4, -0.2) is 22.4 Å². The van der Waals surface area contributed by atoms with Crippen LogP contribution < -0.4 is 15.8 Å². The van der Waals surface area contributed by atoms with Crippen LogP contribution in [0, 0.1) is 6.92 Å². The molecule has 1 aromatic heterocycles. The Labute approximate surface area is 142 Å². The second-order valence-corrected chi connectivity index (χ2v) is 5.83. The highest BCUT2D eigenvalue weighted by Crippen LogP contribution is 2.27. The molecule has 0 spiro atoms. The van der Waals surface area contributed by atoms with Crippen molar-refractivity contribution >= 4 is 11.9 Å². The first-order chi connectivity index (χ1) is 11.4. The quantitative estimate of drug-likeness (QED) is 0.851. The van der Waals surface area contributed by atoms with Crippen LogP contribution in [-0.2, 0) is 6.61 Å². The summed E-state index contributed by atoms with van der Waals surface area (Å²) in [5.41, 5.74) is 8.31. The standard InChI is InChI=1S/C18H24N4O2/c1-5-20-17(23)16-12(4)21-18(19)22-14(16)10-24-15-9-7-6-8-13(15)11(2)3/h6-9,11H,5,10H2,1-4H3,(H,20,23)(H2,19,21,22). The summed E-state index contributed by atoms with van der Waals surface area (Å²) in [5, 5.41) is 2.77. The van der Waals surface area contributed by atoms with E-state index in [0.29, 0.717) is 29.4 Å². The molecule has 0 bridgehead atoms. The van der Waals surface area contributed by atoms with Gasteiger partial charge in [0.25, 0.3) is 5.91 Å². The highest BCUT2D eigenvalue weighted by Gasteiger charge is 2.18. The monoisotopic (exact) mass is 328 g/mol. The molecule has 2 rings (SSSR count). The van der Waals surface area contributed by atoms with E-state index in [9.17, 15) is 4.79 Å². The number of nitrogens with zero attached hydrogens (tertiary/aromatic N) is 2. The maximum Gasteiger partial charge on any atom is 0.255 e. The van der Waals surface area contributed by atoms with Gasteiger partial charge in [0.15, 0.2) is 0 Å². The van der Waals surface area contributed by atoms with Crippen LogP contribution >= 0.6 is 0 Å². The van der Waals surface area contributed by atoms with Crippen molar-refractivity contribution in [1.29, 1.82) is 0 Å². The van der Waals surface area contributed by atoms with Gasteiger partial charge in [-0.15, -0.1) is 0 Å². The number of amides is 1. The van der Waals surface area contributed by atoms with E-state index in [-0.39, 0.29) is 18.5 Å². The largest absolute Gasteiger partial charge is 0.487 e. The molecule has 0 radical (unpaired) electrons. The molecule has 0 saturated carbocycles. The summed E-state index contributed by atoms with van der Waals surface area (Å²) < 4.78 is 5.94. The van der Waals surface area contributed by atoms with Gasteiger partial charge in [-0.2, -0.15) is 0 Å². The molecule has 1 aromatic carbocycles. The molecule has 0 atom stereocenters. The molecule has 0 aliphatic carbocycles. The van der Waals surface area contributed by atoms with Crippen LogP contribution in [0.1, 0.15) is 54.0 Å². The fourth-order valence-corrected chi connectivity index (χ4v) is 2.54. The molecule has 0 fully saturated rings. The van der Waals surface area contributed by atoms with Crippen molar-refractivity contribution in [2.24, 2.45) is 0 Å². The molecule has 6 heteroatoms. The number of rotatable bonds is 6. The topological polar surface area (TPSA) is 90.1 Å². The van der Waals surface area contributed by atoms with Crippen LogP contribution in [0.3, 0.4) is 0 Å². The number of hydrogen-bond acceptors (Lipinski definition) is 5. The van der Waals surface area contributed by atoms with Crippen LogP contribution in [0.4, 0.5) is 5.95 Å². The number of benzene rings is 1. The van der Waals surface area contributed by atoms with E-state index in [1.807, 2.05) is 31.2 Å². The molecule has 0 saturated heterocycles. The van der Waals surface area contributed by atoms with Crippen molar-refractivity contribution in [3.8, 4) is 5.75 Å². The number of ether oxygens (including phenoxy) is 1. The van der Waals surface area contributed by atoms with E-state index in [1.54, 1.807) is 6.92 Å². The van der Waals surface area contributed by atoms with Gasteiger partial charge in [-0.05, 0) is 31.4 Å². The summed E-state index contributed by atoms with van der Waals surface area (Å²) >= 11 is 0. The third kappa shape index (κ3) is 4.01. The zero-order valence-corrected chi connectivity index (χ0v) is 14.6. The van der Waals surface area contributed by atoms with Crippen molar-refractivity contribution in [1.82, 2.24) is 15.3 Å². The van der Waals surface area contributed by atoms with E-state index in [2.05, 4.69) is 29.1 Å². The highest BCUT2D eigenvalue weighted by atomic mass is 16.5. The molecule has 128 valence electrons. The zero-order valence-electron chi connectivity index (χ0n) is 14.6. The van der Waals surface area contributed by atoms with Gasteiger partial charge in [0, 0.05) is 6.54 Å². The minimum absolute atomic E-state index is 0.135. The molecule has 0 aliphatic rings. The number of nitrogen functional groups attached to an aromatic ring is 1. The lowest BCUT2D eigenvalue weighted by Crippen LogP contribution is -2.26. The molecular weight excluding hydrogens is 304 g/mol. The molecule has 1 amide bonds. The summed E-state index contributed by atoms with van der Waals surface area (Å²) in [6, 6.07) is 7.85. The smallest absolute Gasteiger partial charge is 0.255 e. The summed E-state index contributed by atoms with van der Waals surface area (Å²) in [6.07, 6.45) is 0. The molecule has 2 aromatic rings. The fraction of sp³-hybridized carbons (Fsp3) is 0.389. The number of aromatic nitrogens is 2. The minimum atomic E-state index is -0.217. The number of nitrogens with one attached hydrogen (secondary N) is 1. The number of carbonyl (C=O) groups excluding carboxylic acids is 1. The second kappa shape index (κ2) is 7.77. The third-order valence-corrected chi connectivity index (χ3v) is 3.65. The minimum Gasteiger partial charge on any atom is -0.487 e. The van der Waals surface area contributed by atoms with Gasteiger partial charge in [-0.25, -0.2) is 9.97 Å². The summed E-state index contributed by atoms with van der Waals surface area (Å²) in [4.78, 5) is 20.6. The average Bonchev–Trinajstić information content (AvgIpc) is 2.52. The predicted octanol–water partition coefficient (Wildman–Crippen LogP) is 2.82. The Balaban J connectivity index is 2.31. The molecule has 0 unspecified atom stereocenters. The number of nitrogens with two attached hydrogens (primary N) is 1. The van der Waals surface area contributed by atoms with Gasteiger partial charge >= 0.3 is 0 Å². The molecule has 24 heavy (non-hydrogen) atoms. The number of para-hydroxylation sites is 1. The molecular formula is C18H24N4O2. The van der Waals surface area contributed by atoms with E-state index >= 15 is 0 Å². The Hall–Kier alpha value is -2.63. The maximum absolute atomic E-state index is 12.3. The summed E-state index contributed by atoms with van der Waals surface area (Å²) in [7, 11) is 0. The lowest BCUT2D eigenvalue weighted by molar-refractivity contribution is 0.0951. The fourth-order valence-electron chi connectivity index (χ4n) is 2.54. The summed E-state index contributed by atoms with van der Waals surface area (Å²) in [6.45, 7) is 8.50. The maximum atomic E-state index is 12.3. The number of hydrogen-bond donors (Lipinski definition) is 2. The summed E-state index contributed by atoms with van der Waals surface area (Å²) in [5.74, 6) is 1.03. The first-order valence-electron chi connectivity index (χ1n) is 8.06. The van der Waals surface area contributed by atoms with Gasteiger partial charge in [0.2, 0.25) is 5.95 Å². The van der Waals surface area contributed by atoms with Gasteiger partial charge in [-0.1, -0.05) is 32.0 Å². The van der Waals surface area contributed by atoms with Crippen molar-refractivity contribution in [3.05, 3.63) is 46.8 Å². The zero-order chi connectivity index (χ0) is 17.7.